The second-order valence-electron chi connectivity index (χ2n) is 12.7. The normalized spacial score (nSPS) is 21.4. The van der Waals surface area contributed by atoms with E-state index in [4.69, 9.17) is 0 Å². The summed E-state index contributed by atoms with van der Waals surface area (Å²) in [7, 11) is -2.34. The third-order valence-corrected chi connectivity index (χ3v) is 10.9. The van der Waals surface area contributed by atoms with Gasteiger partial charge in [0.05, 0.1) is 24.6 Å². The van der Waals surface area contributed by atoms with Crippen LogP contribution < -0.4 is 29.5 Å². The summed E-state index contributed by atoms with van der Waals surface area (Å²) in [5, 5.41) is 16.0. The highest BCUT2D eigenvalue weighted by Crippen LogP contribution is 2.42. The zero-order chi connectivity index (χ0) is 33.9. The zero-order valence-electron chi connectivity index (χ0n) is 26.0. The molecule has 14 nitrogen and oxygen atoms in total. The fourth-order valence-electron chi connectivity index (χ4n) is 7.10. The Kier molecular flexibility index (Phi) is 7.86. The van der Waals surface area contributed by atoms with Gasteiger partial charge in [-0.15, -0.1) is 0 Å². The van der Waals surface area contributed by atoms with Crippen LogP contribution in [0.4, 0.5) is 27.1 Å². The summed E-state index contributed by atoms with van der Waals surface area (Å²) in [5.41, 5.74) is 2.99. The van der Waals surface area contributed by atoms with E-state index in [1.165, 1.54) is 29.8 Å². The van der Waals surface area contributed by atoms with Crippen molar-refractivity contribution < 1.29 is 37.1 Å². The molecule has 0 saturated carbocycles. The van der Waals surface area contributed by atoms with Crippen molar-refractivity contribution in [3.8, 4) is 5.75 Å². The van der Waals surface area contributed by atoms with Crippen molar-refractivity contribution in [2.75, 3.05) is 59.3 Å². The van der Waals surface area contributed by atoms with Gasteiger partial charge in [-0.2, -0.15) is 8.42 Å². The molecule has 4 amide bonds. The molecular weight excluding hydrogens is 645 g/mol. The summed E-state index contributed by atoms with van der Waals surface area (Å²) in [6.45, 7) is 1.49. The Balaban J connectivity index is 0.965. The number of piperidine rings is 2. The molecule has 48 heavy (non-hydrogen) atoms. The minimum absolute atomic E-state index is 0.0128. The van der Waals surface area contributed by atoms with Crippen molar-refractivity contribution in [3.63, 3.8) is 0 Å². The highest BCUT2D eigenvalue weighted by molar-refractivity contribution is 7.92. The number of phenols is 1. The van der Waals surface area contributed by atoms with Crippen molar-refractivity contribution in [1.29, 1.82) is 0 Å². The molecule has 4 aliphatic rings. The summed E-state index contributed by atoms with van der Waals surface area (Å²) in [4.78, 5) is 54.9. The number of carbonyl (C=O) groups excluding carboxylic acids is 4. The number of anilines is 4. The van der Waals surface area contributed by atoms with Gasteiger partial charge < -0.3 is 20.2 Å². The third-order valence-electron chi connectivity index (χ3n) is 9.48. The number of aromatic hydroxyl groups is 1. The maximum Gasteiger partial charge on any atom is 0.326 e. The fourth-order valence-corrected chi connectivity index (χ4v) is 8.26. The maximum atomic E-state index is 15.4. The van der Waals surface area contributed by atoms with Gasteiger partial charge in [0.15, 0.2) is 5.82 Å². The van der Waals surface area contributed by atoms with Gasteiger partial charge in [0.1, 0.15) is 24.0 Å². The number of nitrogens with one attached hydrogen (secondary N) is 3. The molecule has 0 aliphatic carbocycles. The van der Waals surface area contributed by atoms with Gasteiger partial charge in [-0.1, -0.05) is 6.07 Å². The Bertz CT molecular complexity index is 1980. The van der Waals surface area contributed by atoms with Crippen LogP contribution in [0.15, 0.2) is 42.5 Å². The lowest BCUT2D eigenvalue weighted by atomic mass is 9.89. The summed E-state index contributed by atoms with van der Waals surface area (Å²) in [5.74, 6) is -2.94. The summed E-state index contributed by atoms with van der Waals surface area (Å²) in [6.07, 6.45) is 2.53. The first-order chi connectivity index (χ1) is 22.9. The second kappa shape index (κ2) is 11.9. The largest absolute Gasteiger partial charge is 0.506 e. The van der Waals surface area contributed by atoms with Gasteiger partial charge >= 0.3 is 10.2 Å². The van der Waals surface area contributed by atoms with Crippen LogP contribution in [0.5, 0.6) is 5.75 Å². The lowest BCUT2D eigenvalue weighted by Crippen LogP contribution is -2.53. The molecule has 4 N–H and O–H groups in total. The van der Waals surface area contributed by atoms with Gasteiger partial charge in [-0.3, -0.25) is 29.4 Å². The number of phenolic OH excluding ortho intramolecular Hbond substituents is 1. The van der Waals surface area contributed by atoms with Crippen LogP contribution in [0.3, 0.4) is 0 Å². The van der Waals surface area contributed by atoms with Crippen LogP contribution in [-0.2, 0) is 29.4 Å². The molecule has 252 valence electrons. The van der Waals surface area contributed by atoms with E-state index >= 15 is 4.39 Å². The van der Waals surface area contributed by atoms with Crippen LogP contribution in [0.2, 0.25) is 0 Å². The molecule has 3 saturated heterocycles. The smallest absolute Gasteiger partial charge is 0.326 e. The average Bonchev–Trinajstić information content (AvgIpc) is 3.50. The molecule has 3 aromatic rings. The molecule has 1 unspecified atom stereocenters. The van der Waals surface area contributed by atoms with E-state index < -0.39 is 39.9 Å². The van der Waals surface area contributed by atoms with Crippen LogP contribution in [0.1, 0.15) is 37.2 Å². The van der Waals surface area contributed by atoms with Gasteiger partial charge in [0, 0.05) is 24.5 Å². The van der Waals surface area contributed by atoms with E-state index in [2.05, 4.69) is 43.5 Å². The van der Waals surface area contributed by atoms with Crippen molar-refractivity contribution >= 4 is 67.4 Å². The monoisotopic (exact) mass is 679 g/mol. The van der Waals surface area contributed by atoms with Crippen molar-refractivity contribution in [3.05, 3.63) is 53.8 Å². The van der Waals surface area contributed by atoms with Crippen LogP contribution in [-0.4, -0.2) is 88.0 Å². The highest BCUT2D eigenvalue weighted by atomic mass is 32.2. The SMILES string of the molecule is CN1CN(C2CCC(=O)NC2=O)c2ccc(C3CCN(CC(=O)Nc4ccc5c(F)c(N6CC(=O)NS6(=O)=O)c(O)cc5c4)CC3)cc21. The minimum atomic E-state index is -4.33. The van der Waals surface area contributed by atoms with E-state index in [1.807, 2.05) is 7.05 Å². The molecule has 0 radical (unpaired) electrons. The predicted molar refractivity (Wildman–Crippen MR) is 175 cm³/mol. The van der Waals surface area contributed by atoms with E-state index in [0.717, 1.165) is 24.2 Å². The first-order valence-electron chi connectivity index (χ1n) is 15.6. The lowest BCUT2D eigenvalue weighted by molar-refractivity contribution is -0.134. The van der Waals surface area contributed by atoms with Crippen LogP contribution in [0.25, 0.3) is 10.8 Å². The Hall–Kier alpha value is -4.96. The third kappa shape index (κ3) is 5.74. The number of likely N-dealkylation sites (tertiary alicyclic amines) is 1. The lowest BCUT2D eigenvalue weighted by Gasteiger charge is -2.32. The molecule has 4 aliphatic heterocycles. The van der Waals surface area contributed by atoms with Crippen molar-refractivity contribution in [1.82, 2.24) is 14.9 Å². The quantitative estimate of drug-likeness (QED) is 0.281. The number of nitrogens with zero attached hydrogens (tertiary/aromatic N) is 4. The van der Waals surface area contributed by atoms with Gasteiger partial charge in [-0.25, -0.2) is 13.4 Å². The molecular formula is C32H34FN7O7S. The van der Waals surface area contributed by atoms with Gasteiger partial charge in [-0.05, 0) is 85.6 Å². The van der Waals surface area contributed by atoms with E-state index in [-0.39, 0.29) is 41.1 Å². The number of amides is 4. The predicted octanol–water partition coefficient (Wildman–Crippen LogP) is 1.70. The molecule has 4 heterocycles. The summed E-state index contributed by atoms with van der Waals surface area (Å²) < 4.78 is 42.1. The Morgan fingerprint density at radius 3 is 2.50 bits per heavy atom. The summed E-state index contributed by atoms with van der Waals surface area (Å²) >= 11 is 0. The summed E-state index contributed by atoms with van der Waals surface area (Å²) in [6, 6.07) is 11.5. The number of halogens is 1. The number of hydrogen-bond donors (Lipinski definition) is 4. The standard InChI is InChI=1S/C32H34FN7O7S/c1-37-17-39(24-6-7-27(42)35-32(24)45)23-5-2-19(13-25(23)37)18-8-10-38(11-9-18)15-28(43)34-21-3-4-22-20(12-21)14-26(41)31(30(22)33)40-16-29(44)36-48(40,46)47/h2-5,12-14,18,24,41H,6-11,15-17H2,1H3,(H,34,43)(H,36,44)(H,35,42,45). The maximum absolute atomic E-state index is 15.4. The average molecular weight is 680 g/mol. The van der Waals surface area contributed by atoms with Crippen molar-refractivity contribution in [2.45, 2.75) is 37.6 Å². The molecule has 0 spiro atoms. The van der Waals surface area contributed by atoms with E-state index in [0.29, 0.717) is 48.5 Å². The molecule has 7 rings (SSSR count). The van der Waals surface area contributed by atoms with E-state index in [9.17, 15) is 32.7 Å². The second-order valence-corrected chi connectivity index (χ2v) is 14.2. The zero-order valence-corrected chi connectivity index (χ0v) is 26.8. The number of hydrogen-bond acceptors (Lipinski definition) is 10. The van der Waals surface area contributed by atoms with Crippen molar-refractivity contribution in [2.24, 2.45) is 0 Å². The molecule has 3 aromatic carbocycles. The van der Waals surface area contributed by atoms with E-state index in [1.54, 1.807) is 4.72 Å². The van der Waals surface area contributed by atoms with Gasteiger partial charge in [0.25, 0.3) is 5.91 Å². The van der Waals surface area contributed by atoms with Gasteiger partial charge in [0.2, 0.25) is 17.7 Å². The molecule has 3 fully saturated rings. The minimum Gasteiger partial charge on any atom is -0.506 e. The van der Waals surface area contributed by atoms with Crippen LogP contribution >= 0.6 is 0 Å². The highest BCUT2D eigenvalue weighted by Gasteiger charge is 2.39. The first kappa shape index (κ1) is 31.6. The topological polar surface area (TPSA) is 172 Å². The number of carbonyl (C=O) groups is 4. The number of imide groups is 1. The fraction of sp³-hybridized carbons (Fsp3) is 0.375. The molecule has 0 aromatic heterocycles. The molecule has 16 heteroatoms. The number of rotatable bonds is 6. The first-order valence-corrected chi connectivity index (χ1v) is 17.1. The number of benzene rings is 3. The van der Waals surface area contributed by atoms with Crippen LogP contribution in [0, 0.1) is 5.82 Å². The molecule has 0 bridgehead atoms. The molecule has 1 atom stereocenters. The Morgan fingerprint density at radius 2 is 1.79 bits per heavy atom. The Morgan fingerprint density at radius 1 is 1.02 bits per heavy atom. The number of fused-ring (bicyclic) bond motifs is 2. The Labute approximate surface area is 275 Å².